The molecule has 0 spiro atoms. The molecule has 24 heavy (non-hydrogen) atoms. The molecule has 0 aliphatic heterocycles. The Balaban J connectivity index is 2.20. The second-order valence-corrected chi connectivity index (χ2v) is 5.79. The van der Waals surface area contributed by atoms with Gasteiger partial charge in [-0.25, -0.2) is 0 Å². The second-order valence-electron chi connectivity index (χ2n) is 4.88. The SMILES string of the molecule is O=C(NCCCO)C(=Cc1cccc(Br)c1)NC(=O)c1ccco1. The number of carbonyl (C=O) groups is 2. The van der Waals surface area contributed by atoms with Gasteiger partial charge in [0.25, 0.3) is 11.8 Å². The normalized spacial score (nSPS) is 11.2. The zero-order valence-corrected chi connectivity index (χ0v) is 14.4. The van der Waals surface area contributed by atoms with Crippen LogP contribution >= 0.6 is 15.9 Å². The molecular weight excluding hydrogens is 376 g/mol. The summed E-state index contributed by atoms with van der Waals surface area (Å²) < 4.78 is 5.89. The summed E-state index contributed by atoms with van der Waals surface area (Å²) in [6, 6.07) is 10.4. The highest BCUT2D eigenvalue weighted by Crippen LogP contribution is 2.14. The Hall–Kier alpha value is -2.38. The van der Waals surface area contributed by atoms with Crippen molar-refractivity contribution in [3.05, 3.63) is 64.2 Å². The minimum Gasteiger partial charge on any atom is -0.459 e. The quantitative estimate of drug-likeness (QED) is 0.497. The maximum atomic E-state index is 12.3. The molecule has 0 aliphatic carbocycles. The lowest BCUT2D eigenvalue weighted by atomic mass is 10.2. The van der Waals surface area contributed by atoms with Crippen molar-refractivity contribution in [2.75, 3.05) is 13.2 Å². The Morgan fingerprint density at radius 3 is 2.75 bits per heavy atom. The zero-order valence-electron chi connectivity index (χ0n) is 12.8. The van der Waals surface area contributed by atoms with Gasteiger partial charge in [-0.1, -0.05) is 28.1 Å². The van der Waals surface area contributed by atoms with E-state index in [0.717, 1.165) is 10.0 Å². The predicted molar refractivity (Wildman–Crippen MR) is 93.0 cm³/mol. The summed E-state index contributed by atoms with van der Waals surface area (Å²) >= 11 is 3.36. The van der Waals surface area contributed by atoms with E-state index < -0.39 is 11.8 Å². The van der Waals surface area contributed by atoms with Gasteiger partial charge < -0.3 is 20.2 Å². The third kappa shape index (κ3) is 5.36. The number of halogens is 1. The molecule has 0 saturated carbocycles. The highest BCUT2D eigenvalue weighted by molar-refractivity contribution is 9.10. The van der Waals surface area contributed by atoms with Crippen LogP contribution in [0.4, 0.5) is 0 Å². The van der Waals surface area contributed by atoms with Crippen LogP contribution in [0.1, 0.15) is 22.5 Å². The minimum absolute atomic E-state index is 0.0241. The smallest absolute Gasteiger partial charge is 0.291 e. The molecule has 0 saturated heterocycles. The molecule has 6 nitrogen and oxygen atoms in total. The lowest BCUT2D eigenvalue weighted by Crippen LogP contribution is -2.35. The zero-order chi connectivity index (χ0) is 17.4. The topological polar surface area (TPSA) is 91.6 Å². The van der Waals surface area contributed by atoms with E-state index in [2.05, 4.69) is 26.6 Å². The Bertz CT molecular complexity index is 726. The Kier molecular flexibility index (Phi) is 6.77. The number of nitrogens with one attached hydrogen (secondary N) is 2. The fraction of sp³-hybridized carbons (Fsp3) is 0.176. The number of amides is 2. The highest BCUT2D eigenvalue weighted by Gasteiger charge is 2.16. The van der Waals surface area contributed by atoms with Gasteiger partial charge in [0.1, 0.15) is 5.70 Å². The van der Waals surface area contributed by atoms with Crippen molar-refractivity contribution in [1.29, 1.82) is 0 Å². The van der Waals surface area contributed by atoms with E-state index in [-0.39, 0.29) is 18.1 Å². The molecule has 1 aromatic heterocycles. The number of aliphatic hydroxyl groups is 1. The van der Waals surface area contributed by atoms with Gasteiger partial charge in [-0.15, -0.1) is 0 Å². The van der Waals surface area contributed by atoms with E-state index >= 15 is 0 Å². The van der Waals surface area contributed by atoms with E-state index in [1.54, 1.807) is 12.1 Å². The largest absolute Gasteiger partial charge is 0.459 e. The first kappa shape index (κ1) is 18.0. The third-order valence-electron chi connectivity index (χ3n) is 3.02. The first-order chi connectivity index (χ1) is 11.6. The summed E-state index contributed by atoms with van der Waals surface area (Å²) in [6.45, 7) is 0.283. The Morgan fingerprint density at radius 1 is 1.25 bits per heavy atom. The van der Waals surface area contributed by atoms with E-state index in [1.165, 1.54) is 12.3 Å². The summed E-state index contributed by atoms with van der Waals surface area (Å²) in [7, 11) is 0. The number of aliphatic hydroxyl groups excluding tert-OH is 1. The van der Waals surface area contributed by atoms with Crippen LogP contribution in [0.25, 0.3) is 6.08 Å². The van der Waals surface area contributed by atoms with E-state index in [9.17, 15) is 9.59 Å². The van der Waals surface area contributed by atoms with Crippen LogP contribution in [-0.4, -0.2) is 30.1 Å². The molecule has 7 heteroatoms. The maximum absolute atomic E-state index is 12.3. The van der Waals surface area contributed by atoms with Crippen molar-refractivity contribution in [3.8, 4) is 0 Å². The van der Waals surface area contributed by atoms with Crippen LogP contribution in [0.2, 0.25) is 0 Å². The number of hydrogen-bond donors (Lipinski definition) is 3. The Labute approximate surface area is 147 Å². The van der Waals surface area contributed by atoms with Crippen molar-refractivity contribution in [2.45, 2.75) is 6.42 Å². The van der Waals surface area contributed by atoms with Crippen LogP contribution in [-0.2, 0) is 4.79 Å². The fourth-order valence-corrected chi connectivity index (χ4v) is 2.31. The van der Waals surface area contributed by atoms with E-state index in [1.807, 2.05) is 24.3 Å². The third-order valence-corrected chi connectivity index (χ3v) is 3.51. The number of carbonyl (C=O) groups excluding carboxylic acids is 2. The van der Waals surface area contributed by atoms with Crippen molar-refractivity contribution >= 4 is 33.8 Å². The molecule has 0 atom stereocenters. The molecule has 1 heterocycles. The molecule has 2 amide bonds. The van der Waals surface area contributed by atoms with E-state index in [0.29, 0.717) is 13.0 Å². The summed E-state index contributed by atoms with van der Waals surface area (Å²) in [5.41, 5.74) is 0.837. The van der Waals surface area contributed by atoms with Gasteiger partial charge in [-0.05, 0) is 42.3 Å². The van der Waals surface area contributed by atoms with Crippen LogP contribution in [0.5, 0.6) is 0 Å². The average molecular weight is 393 g/mol. The molecule has 2 rings (SSSR count). The van der Waals surface area contributed by atoms with Crippen molar-refractivity contribution in [3.63, 3.8) is 0 Å². The molecule has 0 fully saturated rings. The van der Waals surface area contributed by atoms with Gasteiger partial charge in [0.05, 0.1) is 6.26 Å². The molecule has 1 aromatic carbocycles. The summed E-state index contributed by atoms with van der Waals surface area (Å²) in [4.78, 5) is 24.4. The van der Waals surface area contributed by atoms with Gasteiger partial charge in [-0.3, -0.25) is 9.59 Å². The van der Waals surface area contributed by atoms with Crippen LogP contribution < -0.4 is 10.6 Å². The molecule has 0 aliphatic rings. The minimum atomic E-state index is -0.515. The first-order valence-electron chi connectivity index (χ1n) is 7.31. The molecule has 3 N–H and O–H groups in total. The molecule has 0 unspecified atom stereocenters. The molecule has 126 valence electrons. The highest BCUT2D eigenvalue weighted by atomic mass is 79.9. The Morgan fingerprint density at radius 2 is 2.08 bits per heavy atom. The number of benzene rings is 1. The summed E-state index contributed by atoms with van der Waals surface area (Å²) in [5, 5.41) is 14.0. The van der Waals surface area contributed by atoms with Crippen molar-refractivity contribution < 1.29 is 19.1 Å². The molecule has 0 bridgehead atoms. The van der Waals surface area contributed by atoms with Gasteiger partial charge in [-0.2, -0.15) is 0 Å². The van der Waals surface area contributed by atoms with Gasteiger partial charge in [0.15, 0.2) is 5.76 Å². The summed E-state index contributed by atoms with van der Waals surface area (Å²) in [5.74, 6) is -0.847. The van der Waals surface area contributed by atoms with Gasteiger partial charge in [0.2, 0.25) is 0 Å². The lowest BCUT2D eigenvalue weighted by Gasteiger charge is -2.10. The van der Waals surface area contributed by atoms with Crippen molar-refractivity contribution in [1.82, 2.24) is 10.6 Å². The van der Waals surface area contributed by atoms with Gasteiger partial charge >= 0.3 is 0 Å². The van der Waals surface area contributed by atoms with Gasteiger partial charge in [0, 0.05) is 17.6 Å². The van der Waals surface area contributed by atoms with Crippen molar-refractivity contribution in [2.24, 2.45) is 0 Å². The molecule has 2 aromatic rings. The lowest BCUT2D eigenvalue weighted by molar-refractivity contribution is -0.117. The monoisotopic (exact) mass is 392 g/mol. The standard InChI is InChI=1S/C17H17BrN2O4/c18-13-5-1-4-12(10-13)11-14(16(22)19-7-3-8-21)20-17(23)15-6-2-9-24-15/h1-2,4-6,9-11,21H,3,7-8H2,(H,19,22)(H,20,23). The number of hydrogen-bond acceptors (Lipinski definition) is 4. The number of rotatable bonds is 7. The number of furan rings is 1. The van der Waals surface area contributed by atoms with Crippen LogP contribution in [0, 0.1) is 0 Å². The average Bonchev–Trinajstić information content (AvgIpc) is 3.09. The maximum Gasteiger partial charge on any atom is 0.291 e. The predicted octanol–water partition coefficient (Wildman–Crippen LogP) is 2.31. The molecule has 0 radical (unpaired) electrons. The van der Waals surface area contributed by atoms with Crippen LogP contribution in [0.3, 0.4) is 0 Å². The van der Waals surface area contributed by atoms with E-state index in [4.69, 9.17) is 9.52 Å². The molecular formula is C17H17BrN2O4. The second kappa shape index (κ2) is 9.05. The first-order valence-corrected chi connectivity index (χ1v) is 8.10. The fourth-order valence-electron chi connectivity index (χ4n) is 1.89. The van der Waals surface area contributed by atoms with Crippen LogP contribution in [0.15, 0.2) is 57.2 Å². The summed E-state index contributed by atoms with van der Waals surface area (Å²) in [6.07, 6.45) is 3.38.